The molecular weight excluding hydrogens is 416 g/mol. The van der Waals surface area contributed by atoms with Crippen molar-refractivity contribution in [3.8, 4) is 11.4 Å². The molecular formula is C22H20N4O6. The second kappa shape index (κ2) is 8.50. The number of ether oxygens (including phenoxy) is 2. The van der Waals surface area contributed by atoms with E-state index in [1.54, 1.807) is 38.3 Å². The van der Waals surface area contributed by atoms with Crippen molar-refractivity contribution >= 4 is 23.3 Å². The first-order valence-corrected chi connectivity index (χ1v) is 9.94. The van der Waals surface area contributed by atoms with E-state index < -0.39 is 10.9 Å². The molecule has 32 heavy (non-hydrogen) atoms. The summed E-state index contributed by atoms with van der Waals surface area (Å²) in [7, 11) is 1.55. The van der Waals surface area contributed by atoms with E-state index in [1.807, 2.05) is 0 Å². The Morgan fingerprint density at radius 2 is 1.78 bits per heavy atom. The monoisotopic (exact) mass is 436 g/mol. The van der Waals surface area contributed by atoms with Crippen molar-refractivity contribution in [2.45, 2.75) is 13.3 Å². The molecule has 4 rings (SSSR count). The highest BCUT2D eigenvalue weighted by Gasteiger charge is 2.35. The number of amides is 1. The van der Waals surface area contributed by atoms with Crippen LogP contribution in [0.4, 0.5) is 11.4 Å². The van der Waals surface area contributed by atoms with Gasteiger partial charge in [-0.2, -0.15) is 5.10 Å². The summed E-state index contributed by atoms with van der Waals surface area (Å²) in [5.41, 5.74) is 1.91. The second-order valence-electron chi connectivity index (χ2n) is 6.99. The fourth-order valence-corrected chi connectivity index (χ4v) is 3.63. The lowest BCUT2D eigenvalue weighted by Gasteiger charge is -2.27. The van der Waals surface area contributed by atoms with Crippen LogP contribution in [0.15, 0.2) is 48.5 Å². The zero-order valence-electron chi connectivity index (χ0n) is 17.5. The summed E-state index contributed by atoms with van der Waals surface area (Å²) < 4.78 is 11.8. The lowest BCUT2D eigenvalue weighted by Crippen LogP contribution is -2.39. The molecule has 1 aliphatic rings. The summed E-state index contributed by atoms with van der Waals surface area (Å²) in [6.45, 7) is 2.18. The molecule has 0 fully saturated rings. The maximum atomic E-state index is 13.5. The molecule has 2 aromatic carbocycles. The van der Waals surface area contributed by atoms with Crippen molar-refractivity contribution < 1.29 is 24.0 Å². The van der Waals surface area contributed by atoms with Gasteiger partial charge in [-0.25, -0.2) is 9.48 Å². The molecule has 1 aliphatic heterocycles. The van der Waals surface area contributed by atoms with Gasteiger partial charge in [0.15, 0.2) is 5.69 Å². The Bertz CT molecular complexity index is 1180. The number of methoxy groups -OCH3 is 1. The maximum absolute atomic E-state index is 13.5. The highest BCUT2D eigenvalue weighted by Crippen LogP contribution is 2.30. The van der Waals surface area contributed by atoms with E-state index in [-0.39, 0.29) is 29.6 Å². The van der Waals surface area contributed by atoms with E-state index in [9.17, 15) is 19.7 Å². The number of anilines is 1. The fourth-order valence-electron chi connectivity index (χ4n) is 3.63. The molecule has 0 radical (unpaired) electrons. The lowest BCUT2D eigenvalue weighted by atomic mass is 10.0. The van der Waals surface area contributed by atoms with Crippen molar-refractivity contribution in [1.29, 1.82) is 0 Å². The van der Waals surface area contributed by atoms with Gasteiger partial charge in [-0.1, -0.05) is 0 Å². The number of carbonyl (C=O) groups is 2. The molecule has 0 atom stereocenters. The van der Waals surface area contributed by atoms with Crippen molar-refractivity contribution in [3.63, 3.8) is 0 Å². The predicted molar refractivity (Wildman–Crippen MR) is 115 cm³/mol. The molecule has 0 saturated carbocycles. The van der Waals surface area contributed by atoms with Gasteiger partial charge in [0.1, 0.15) is 11.4 Å². The third-order valence-corrected chi connectivity index (χ3v) is 5.17. The minimum Gasteiger partial charge on any atom is -0.497 e. The number of fused-ring (bicyclic) bond motifs is 1. The number of hydrogen-bond acceptors (Lipinski definition) is 7. The lowest BCUT2D eigenvalue weighted by molar-refractivity contribution is -0.384. The van der Waals surface area contributed by atoms with Crippen LogP contribution in [0.25, 0.3) is 5.69 Å². The van der Waals surface area contributed by atoms with Gasteiger partial charge < -0.3 is 14.4 Å². The SMILES string of the molecule is CCOC(=O)c1nn(-c2ccc(OC)cc2)c2c1CCN(c1ccc([N+](=O)[O-])cc1)C2=O. The van der Waals surface area contributed by atoms with Gasteiger partial charge in [0.25, 0.3) is 11.6 Å². The van der Waals surface area contributed by atoms with Gasteiger partial charge in [-0.3, -0.25) is 14.9 Å². The Kier molecular flexibility index (Phi) is 5.59. The molecule has 0 bridgehead atoms. The van der Waals surface area contributed by atoms with Crippen molar-refractivity contribution in [1.82, 2.24) is 9.78 Å². The van der Waals surface area contributed by atoms with Crippen LogP contribution < -0.4 is 9.64 Å². The number of hydrogen-bond donors (Lipinski definition) is 0. The Morgan fingerprint density at radius 3 is 2.38 bits per heavy atom. The third-order valence-electron chi connectivity index (χ3n) is 5.17. The van der Waals surface area contributed by atoms with Crippen LogP contribution in [-0.4, -0.2) is 46.8 Å². The number of nitro groups is 1. The number of benzene rings is 2. The summed E-state index contributed by atoms with van der Waals surface area (Å²) in [4.78, 5) is 38.0. The number of non-ortho nitro benzene ring substituents is 1. The number of esters is 1. The van der Waals surface area contributed by atoms with Crippen LogP contribution >= 0.6 is 0 Å². The Labute approximate surface area is 183 Å². The van der Waals surface area contributed by atoms with Gasteiger partial charge in [0, 0.05) is 29.9 Å². The van der Waals surface area contributed by atoms with Crippen molar-refractivity contribution in [3.05, 3.63) is 75.6 Å². The van der Waals surface area contributed by atoms with Crippen LogP contribution in [0.5, 0.6) is 5.75 Å². The van der Waals surface area contributed by atoms with Crippen LogP contribution in [0.3, 0.4) is 0 Å². The van der Waals surface area contributed by atoms with E-state index in [0.717, 1.165) is 0 Å². The average molecular weight is 436 g/mol. The summed E-state index contributed by atoms with van der Waals surface area (Å²) >= 11 is 0. The van der Waals surface area contributed by atoms with E-state index in [1.165, 1.54) is 33.8 Å². The Morgan fingerprint density at radius 1 is 1.12 bits per heavy atom. The van der Waals surface area contributed by atoms with Gasteiger partial charge in [-0.05, 0) is 49.7 Å². The standard InChI is InChI=1S/C22H20N4O6/c1-3-32-22(28)19-18-12-13-24(14-4-6-16(7-5-14)26(29)30)21(27)20(18)25(23-19)15-8-10-17(31-2)11-9-15/h4-11H,3,12-13H2,1-2H3. The normalized spacial score (nSPS) is 12.9. The van der Waals surface area contributed by atoms with Crippen LogP contribution in [0, 0.1) is 10.1 Å². The van der Waals surface area contributed by atoms with Crippen molar-refractivity contribution in [2.75, 3.05) is 25.2 Å². The second-order valence-corrected chi connectivity index (χ2v) is 6.99. The molecule has 1 aromatic heterocycles. The molecule has 3 aromatic rings. The molecule has 0 N–H and O–H groups in total. The number of rotatable bonds is 6. The van der Waals surface area contributed by atoms with Gasteiger partial charge in [0.2, 0.25) is 0 Å². The van der Waals surface area contributed by atoms with E-state index in [2.05, 4.69) is 5.10 Å². The van der Waals surface area contributed by atoms with Crippen LogP contribution in [0.1, 0.15) is 33.5 Å². The number of carbonyl (C=O) groups excluding carboxylic acids is 2. The highest BCUT2D eigenvalue weighted by atomic mass is 16.6. The van der Waals surface area contributed by atoms with Crippen LogP contribution in [-0.2, 0) is 11.2 Å². The number of nitrogens with zero attached hydrogens (tertiary/aromatic N) is 4. The zero-order valence-corrected chi connectivity index (χ0v) is 17.5. The largest absolute Gasteiger partial charge is 0.497 e. The molecule has 0 aliphatic carbocycles. The summed E-state index contributed by atoms with van der Waals surface area (Å²) in [6.07, 6.45) is 0.377. The first-order valence-electron chi connectivity index (χ1n) is 9.94. The smallest absolute Gasteiger partial charge is 0.359 e. The van der Waals surface area contributed by atoms with Gasteiger partial charge >= 0.3 is 5.97 Å². The molecule has 10 heteroatoms. The number of aromatic nitrogens is 2. The topological polar surface area (TPSA) is 117 Å². The average Bonchev–Trinajstić information content (AvgIpc) is 3.20. The molecule has 10 nitrogen and oxygen atoms in total. The molecule has 0 unspecified atom stereocenters. The van der Waals surface area contributed by atoms with Gasteiger partial charge in [0.05, 0.1) is 24.3 Å². The summed E-state index contributed by atoms with van der Waals surface area (Å²) in [5.74, 6) is -0.314. The first-order chi connectivity index (χ1) is 15.4. The summed E-state index contributed by atoms with van der Waals surface area (Å²) in [6, 6.07) is 12.7. The predicted octanol–water partition coefficient (Wildman–Crippen LogP) is 3.17. The molecule has 164 valence electrons. The van der Waals surface area contributed by atoms with Crippen molar-refractivity contribution in [2.24, 2.45) is 0 Å². The van der Waals surface area contributed by atoms with Crippen LogP contribution in [0.2, 0.25) is 0 Å². The van der Waals surface area contributed by atoms with Gasteiger partial charge in [-0.15, -0.1) is 0 Å². The Balaban J connectivity index is 1.79. The highest BCUT2D eigenvalue weighted by molar-refractivity contribution is 6.09. The molecule has 2 heterocycles. The molecule has 0 saturated heterocycles. The third kappa shape index (κ3) is 3.66. The van der Waals surface area contributed by atoms with E-state index in [0.29, 0.717) is 35.7 Å². The molecule has 0 spiro atoms. The van der Waals surface area contributed by atoms with E-state index >= 15 is 0 Å². The maximum Gasteiger partial charge on any atom is 0.359 e. The number of nitro benzene ring substituents is 1. The zero-order chi connectivity index (χ0) is 22.8. The minimum absolute atomic E-state index is 0.0632. The Hall–Kier alpha value is -4.21. The fraction of sp³-hybridized carbons (Fsp3) is 0.227. The minimum atomic E-state index is -0.590. The first kappa shape index (κ1) is 21.0. The molecule has 1 amide bonds. The quantitative estimate of drug-likeness (QED) is 0.331. The van der Waals surface area contributed by atoms with E-state index in [4.69, 9.17) is 9.47 Å². The summed E-state index contributed by atoms with van der Waals surface area (Å²) in [5, 5.41) is 15.4.